The molecule has 0 bridgehead atoms. The van der Waals surface area contributed by atoms with E-state index in [1.165, 1.54) is 66.2 Å². The average molecular weight is 877 g/mol. The summed E-state index contributed by atoms with van der Waals surface area (Å²) < 4.78 is 4.61. The van der Waals surface area contributed by atoms with Gasteiger partial charge in [0.05, 0.1) is 33.2 Å². The van der Waals surface area contributed by atoms with Crippen LogP contribution in [-0.4, -0.2) is 19.1 Å². The molecule has 2 aliphatic rings. The van der Waals surface area contributed by atoms with Crippen LogP contribution < -0.4 is 0 Å². The fourth-order valence-corrected chi connectivity index (χ4v) is 12.1. The van der Waals surface area contributed by atoms with Gasteiger partial charge in [-0.2, -0.15) is 0 Å². The first-order valence-electron chi connectivity index (χ1n) is 23.7. The van der Waals surface area contributed by atoms with Crippen LogP contribution in [0.5, 0.6) is 0 Å². The molecule has 320 valence electrons. The molecular weight excluding hydrogens is 837 g/mol. The van der Waals surface area contributed by atoms with Gasteiger partial charge in [-0.1, -0.05) is 200 Å². The van der Waals surface area contributed by atoms with Crippen molar-refractivity contribution in [2.24, 2.45) is 0 Å². The molecular formula is C65H40N4. The fourth-order valence-electron chi connectivity index (χ4n) is 12.1. The van der Waals surface area contributed by atoms with Crippen molar-refractivity contribution in [3.63, 3.8) is 0 Å². The van der Waals surface area contributed by atoms with Gasteiger partial charge in [-0.15, -0.1) is 0 Å². The van der Waals surface area contributed by atoms with Crippen LogP contribution in [0.2, 0.25) is 0 Å². The van der Waals surface area contributed by atoms with Crippen molar-refractivity contribution in [1.82, 2.24) is 19.1 Å². The molecule has 69 heavy (non-hydrogen) atoms. The summed E-state index contributed by atoms with van der Waals surface area (Å²) in [7, 11) is 0. The molecule has 0 fully saturated rings. The number of rotatable bonds is 5. The molecule has 0 saturated carbocycles. The predicted molar refractivity (Wildman–Crippen MR) is 283 cm³/mol. The lowest BCUT2D eigenvalue weighted by molar-refractivity contribution is 0.794. The molecule has 0 unspecified atom stereocenters. The van der Waals surface area contributed by atoms with Gasteiger partial charge in [0.1, 0.15) is 5.69 Å². The Morgan fingerprint density at radius 2 is 0.899 bits per heavy atom. The third kappa shape index (κ3) is 5.28. The van der Waals surface area contributed by atoms with Crippen molar-refractivity contribution in [3.8, 4) is 67.5 Å². The minimum atomic E-state index is -0.419. The Morgan fingerprint density at radius 1 is 0.348 bits per heavy atom. The van der Waals surface area contributed by atoms with Gasteiger partial charge in [-0.25, -0.2) is 9.97 Å². The Morgan fingerprint density at radius 3 is 1.59 bits per heavy atom. The number of fused-ring (bicyclic) bond motifs is 16. The summed E-state index contributed by atoms with van der Waals surface area (Å²) in [6.07, 6.45) is 0. The van der Waals surface area contributed by atoms with Gasteiger partial charge in [0, 0.05) is 22.0 Å². The van der Waals surface area contributed by atoms with Crippen LogP contribution in [-0.2, 0) is 5.41 Å². The highest BCUT2D eigenvalue weighted by atomic mass is 15.2. The van der Waals surface area contributed by atoms with Crippen molar-refractivity contribution in [2.45, 2.75) is 5.41 Å². The van der Waals surface area contributed by atoms with Crippen LogP contribution >= 0.6 is 0 Å². The second kappa shape index (κ2) is 14.4. The fraction of sp³-hybridized carbons (Fsp3) is 0.0154. The van der Waals surface area contributed by atoms with E-state index in [4.69, 9.17) is 9.97 Å². The number of benzene rings is 10. The second-order valence-corrected chi connectivity index (χ2v) is 18.4. The molecule has 0 amide bonds. The summed E-state index contributed by atoms with van der Waals surface area (Å²) in [6.45, 7) is 0. The number of nitrogens with zero attached hydrogens (tertiary/aromatic N) is 4. The highest BCUT2D eigenvalue weighted by Crippen LogP contribution is 2.63. The topological polar surface area (TPSA) is 35.6 Å². The van der Waals surface area contributed by atoms with Gasteiger partial charge in [-0.05, 0) is 114 Å². The van der Waals surface area contributed by atoms with Gasteiger partial charge in [0.2, 0.25) is 5.95 Å². The van der Waals surface area contributed by atoms with E-state index < -0.39 is 5.41 Å². The SMILES string of the molecule is c1ccc(-c2nc(-n3c4ccc(-c5ccc6c(c5)C5(c7ccccc7-c7ccccc75)c5ccccc5-6)cc4c4c5ccccc5ccc43)nc3cc(-c4ccccc4)n(-c4ccccc4)c23)cc1. The zero-order chi connectivity index (χ0) is 45.2. The molecule has 2 aliphatic carbocycles. The Balaban J connectivity index is 0.988. The molecule has 0 radical (unpaired) electrons. The zero-order valence-electron chi connectivity index (χ0n) is 37.4. The summed E-state index contributed by atoms with van der Waals surface area (Å²) in [4.78, 5) is 11.2. The third-order valence-electron chi connectivity index (χ3n) is 15.0. The predicted octanol–water partition coefficient (Wildman–Crippen LogP) is 16.0. The smallest absolute Gasteiger partial charge is 0.235 e. The lowest BCUT2D eigenvalue weighted by atomic mass is 9.70. The first-order valence-corrected chi connectivity index (χ1v) is 23.7. The van der Waals surface area contributed by atoms with Crippen LogP contribution in [0.25, 0.3) is 111 Å². The Hall–Kier alpha value is -9.12. The standard InChI is InChI=1S/C65H40N4/c1-4-19-42(20-5-1)60-40-57-63(68(60)46-23-8-3-9-24-46)62(43-21-6-2-7-22-43)67-64(66-57)69-58-36-34-44(38-52(58)61-47-25-11-10-18-41(47)33-37-59(61)69)45-32-35-51-50-28-14-17-31-55(50)65(56(51)39-45)53-29-15-12-26-48(53)49-27-13-16-30-54(49)65/h1-40H. The first-order chi connectivity index (χ1) is 34.2. The van der Waals surface area contributed by atoms with E-state index in [1.54, 1.807) is 0 Å². The molecule has 0 saturated heterocycles. The van der Waals surface area contributed by atoms with Crippen molar-refractivity contribution in [1.29, 1.82) is 0 Å². The minimum absolute atomic E-state index is 0.419. The zero-order valence-corrected chi connectivity index (χ0v) is 37.4. The highest BCUT2D eigenvalue weighted by Gasteiger charge is 2.51. The van der Waals surface area contributed by atoms with Crippen molar-refractivity contribution >= 4 is 43.6 Å². The molecule has 3 heterocycles. The summed E-state index contributed by atoms with van der Waals surface area (Å²) in [6, 6.07) is 88.5. The average Bonchev–Trinajstić information content (AvgIpc) is 4.15. The van der Waals surface area contributed by atoms with E-state index in [1.807, 2.05) is 0 Å². The molecule has 13 aromatic rings. The van der Waals surface area contributed by atoms with Gasteiger partial charge in [0.15, 0.2) is 0 Å². The van der Waals surface area contributed by atoms with Crippen molar-refractivity contribution in [3.05, 3.63) is 265 Å². The third-order valence-corrected chi connectivity index (χ3v) is 15.0. The quantitative estimate of drug-likeness (QED) is 0.173. The summed E-state index contributed by atoms with van der Waals surface area (Å²) in [5.41, 5.74) is 21.6. The van der Waals surface area contributed by atoms with E-state index in [-0.39, 0.29) is 0 Å². The second-order valence-electron chi connectivity index (χ2n) is 18.4. The maximum absolute atomic E-state index is 5.64. The molecule has 10 aromatic carbocycles. The van der Waals surface area contributed by atoms with E-state index >= 15 is 0 Å². The molecule has 4 heteroatoms. The van der Waals surface area contributed by atoms with E-state index in [2.05, 4.69) is 252 Å². The lowest BCUT2D eigenvalue weighted by Crippen LogP contribution is -2.25. The van der Waals surface area contributed by atoms with Crippen LogP contribution in [0.4, 0.5) is 0 Å². The molecule has 0 aliphatic heterocycles. The van der Waals surface area contributed by atoms with Gasteiger partial charge < -0.3 is 4.57 Å². The Labute approximate surface area is 398 Å². The maximum Gasteiger partial charge on any atom is 0.235 e. The van der Waals surface area contributed by atoms with Crippen molar-refractivity contribution < 1.29 is 0 Å². The molecule has 0 N–H and O–H groups in total. The molecule has 4 nitrogen and oxygen atoms in total. The summed E-state index contributed by atoms with van der Waals surface area (Å²) >= 11 is 0. The van der Waals surface area contributed by atoms with E-state index in [9.17, 15) is 0 Å². The van der Waals surface area contributed by atoms with Gasteiger partial charge in [-0.3, -0.25) is 4.57 Å². The maximum atomic E-state index is 5.64. The van der Waals surface area contributed by atoms with E-state index in [0.29, 0.717) is 5.95 Å². The van der Waals surface area contributed by atoms with E-state index in [0.717, 1.165) is 61.2 Å². The number of hydrogen-bond acceptors (Lipinski definition) is 2. The summed E-state index contributed by atoms with van der Waals surface area (Å²) in [5.74, 6) is 0.630. The monoisotopic (exact) mass is 876 g/mol. The van der Waals surface area contributed by atoms with Gasteiger partial charge >= 0.3 is 0 Å². The lowest BCUT2D eigenvalue weighted by Gasteiger charge is -2.30. The molecule has 15 rings (SSSR count). The Kier molecular flexibility index (Phi) is 7.96. The largest absolute Gasteiger partial charge is 0.306 e. The van der Waals surface area contributed by atoms with Crippen LogP contribution in [0.1, 0.15) is 22.3 Å². The van der Waals surface area contributed by atoms with Crippen LogP contribution in [0.15, 0.2) is 243 Å². The highest BCUT2D eigenvalue weighted by molar-refractivity contribution is 6.22. The number of hydrogen-bond donors (Lipinski definition) is 0. The minimum Gasteiger partial charge on any atom is -0.306 e. The molecule has 1 spiro atoms. The molecule has 3 aromatic heterocycles. The first kappa shape index (κ1) is 38.0. The number of aromatic nitrogens is 4. The van der Waals surface area contributed by atoms with Crippen LogP contribution in [0, 0.1) is 0 Å². The van der Waals surface area contributed by atoms with Gasteiger partial charge in [0.25, 0.3) is 0 Å². The normalized spacial score (nSPS) is 13.0. The van der Waals surface area contributed by atoms with Crippen molar-refractivity contribution in [2.75, 3.05) is 0 Å². The van der Waals surface area contributed by atoms with Crippen LogP contribution in [0.3, 0.4) is 0 Å². The summed E-state index contributed by atoms with van der Waals surface area (Å²) in [5, 5.41) is 4.74. The Bertz CT molecular complexity index is 4180. The molecule has 0 atom stereocenters. The number of para-hydroxylation sites is 1.